The van der Waals surface area contributed by atoms with Gasteiger partial charge in [0.2, 0.25) is 0 Å². The Morgan fingerprint density at radius 2 is 1.91 bits per heavy atom. The third kappa shape index (κ3) is 4.05. The highest BCUT2D eigenvalue weighted by atomic mass is 32.2. The highest BCUT2D eigenvalue weighted by Crippen LogP contribution is 2.20. The van der Waals surface area contributed by atoms with Gasteiger partial charge in [0, 0.05) is 23.7 Å². The van der Waals surface area contributed by atoms with Crippen molar-refractivity contribution in [3.63, 3.8) is 0 Å². The van der Waals surface area contributed by atoms with Crippen LogP contribution in [0.5, 0.6) is 0 Å². The van der Waals surface area contributed by atoms with E-state index >= 15 is 0 Å². The van der Waals surface area contributed by atoms with Crippen LogP contribution in [0.2, 0.25) is 0 Å². The van der Waals surface area contributed by atoms with Crippen molar-refractivity contribution in [2.75, 3.05) is 29.6 Å². The first-order valence-electron chi connectivity index (χ1n) is 7.94. The summed E-state index contributed by atoms with van der Waals surface area (Å²) in [5, 5.41) is 2.93. The van der Waals surface area contributed by atoms with E-state index in [1.54, 1.807) is 17.8 Å². The third-order valence-corrected chi connectivity index (χ3v) is 4.70. The molecule has 0 atom stereocenters. The van der Waals surface area contributed by atoms with E-state index in [0.29, 0.717) is 5.69 Å². The number of thioether (sulfide) groups is 1. The summed E-state index contributed by atoms with van der Waals surface area (Å²) in [6.45, 7) is 2.04. The molecule has 3 rings (SSSR count). The number of nitrogens with zero attached hydrogens (tertiary/aromatic N) is 2. The quantitative estimate of drug-likeness (QED) is 0.861. The minimum atomic E-state index is -0.165. The molecule has 2 aromatic rings. The lowest BCUT2D eigenvalue weighted by molar-refractivity contribution is 0.102. The molecule has 1 aliphatic rings. The second-order valence-corrected chi connectivity index (χ2v) is 6.49. The smallest absolute Gasteiger partial charge is 0.274 e. The van der Waals surface area contributed by atoms with E-state index < -0.39 is 0 Å². The van der Waals surface area contributed by atoms with Gasteiger partial charge in [0.25, 0.3) is 5.91 Å². The largest absolute Gasteiger partial charge is 0.357 e. The van der Waals surface area contributed by atoms with Crippen LogP contribution in [0.3, 0.4) is 0 Å². The summed E-state index contributed by atoms with van der Waals surface area (Å²) in [6, 6.07) is 13.5. The predicted octanol–water partition coefficient (Wildman–Crippen LogP) is 4.05. The Hall–Kier alpha value is -2.01. The average molecular weight is 327 g/mol. The van der Waals surface area contributed by atoms with Gasteiger partial charge in [-0.25, -0.2) is 4.98 Å². The summed E-state index contributed by atoms with van der Waals surface area (Å²) < 4.78 is 0. The van der Waals surface area contributed by atoms with Crippen molar-refractivity contribution in [3.8, 4) is 0 Å². The van der Waals surface area contributed by atoms with Gasteiger partial charge in [0.05, 0.1) is 0 Å². The molecule has 5 heteroatoms. The van der Waals surface area contributed by atoms with E-state index in [9.17, 15) is 4.79 Å². The molecule has 2 heterocycles. The Labute approximate surface area is 141 Å². The first-order chi connectivity index (χ1) is 11.3. The minimum Gasteiger partial charge on any atom is -0.357 e. The molecule has 120 valence electrons. The van der Waals surface area contributed by atoms with Gasteiger partial charge in [-0.3, -0.25) is 4.79 Å². The fourth-order valence-corrected chi connectivity index (χ4v) is 3.20. The molecule has 1 aliphatic heterocycles. The van der Waals surface area contributed by atoms with Crippen LogP contribution in [0.1, 0.15) is 29.8 Å². The summed E-state index contributed by atoms with van der Waals surface area (Å²) in [6.07, 6.45) is 5.69. The SMILES string of the molecule is CSc1cccc(NC(=O)c2cccc(N3CCCCC3)n2)c1. The van der Waals surface area contributed by atoms with E-state index in [1.807, 2.05) is 42.7 Å². The Morgan fingerprint density at radius 1 is 1.13 bits per heavy atom. The van der Waals surface area contributed by atoms with Crippen LogP contribution in [0, 0.1) is 0 Å². The normalized spacial score (nSPS) is 14.6. The standard InChI is InChI=1S/C18H21N3OS/c1-23-15-8-5-7-14(13-15)19-18(22)16-9-6-10-17(20-16)21-11-3-2-4-12-21/h5-10,13H,2-4,11-12H2,1H3,(H,19,22). The molecule has 1 aromatic carbocycles. The number of anilines is 2. The van der Waals surface area contributed by atoms with Crippen LogP contribution in [0.25, 0.3) is 0 Å². The van der Waals surface area contributed by atoms with Gasteiger partial charge in [-0.05, 0) is 55.9 Å². The molecular formula is C18H21N3OS. The molecule has 0 spiro atoms. The summed E-state index contributed by atoms with van der Waals surface area (Å²) in [7, 11) is 0. The number of hydrogen-bond donors (Lipinski definition) is 1. The average Bonchev–Trinajstić information content (AvgIpc) is 2.63. The first kappa shape index (κ1) is 15.9. The van der Waals surface area contributed by atoms with Gasteiger partial charge < -0.3 is 10.2 Å². The zero-order valence-electron chi connectivity index (χ0n) is 13.3. The van der Waals surface area contributed by atoms with Crippen LogP contribution in [0.4, 0.5) is 11.5 Å². The second-order valence-electron chi connectivity index (χ2n) is 5.61. The molecular weight excluding hydrogens is 306 g/mol. The number of pyridine rings is 1. The van der Waals surface area contributed by atoms with Crippen LogP contribution >= 0.6 is 11.8 Å². The fraction of sp³-hybridized carbons (Fsp3) is 0.333. The van der Waals surface area contributed by atoms with Gasteiger partial charge >= 0.3 is 0 Å². The van der Waals surface area contributed by atoms with Crippen molar-refractivity contribution in [3.05, 3.63) is 48.2 Å². The van der Waals surface area contributed by atoms with E-state index in [1.165, 1.54) is 19.3 Å². The van der Waals surface area contributed by atoms with Crippen molar-refractivity contribution < 1.29 is 4.79 Å². The molecule has 0 aliphatic carbocycles. The molecule has 1 aromatic heterocycles. The predicted molar refractivity (Wildman–Crippen MR) is 96.5 cm³/mol. The maximum Gasteiger partial charge on any atom is 0.274 e. The lowest BCUT2D eigenvalue weighted by atomic mass is 10.1. The number of piperidine rings is 1. The topological polar surface area (TPSA) is 45.2 Å². The number of benzene rings is 1. The number of carbonyl (C=O) groups excluding carboxylic acids is 1. The van der Waals surface area contributed by atoms with Crippen molar-refractivity contribution in [1.29, 1.82) is 0 Å². The molecule has 0 bridgehead atoms. The van der Waals surface area contributed by atoms with Gasteiger partial charge in [-0.15, -0.1) is 11.8 Å². The number of aromatic nitrogens is 1. The number of rotatable bonds is 4. The molecule has 0 radical (unpaired) electrons. The minimum absolute atomic E-state index is 0.165. The Kier molecular flexibility index (Phi) is 5.18. The highest BCUT2D eigenvalue weighted by Gasteiger charge is 2.14. The lowest BCUT2D eigenvalue weighted by Gasteiger charge is -2.27. The van der Waals surface area contributed by atoms with Crippen LogP contribution in [-0.2, 0) is 0 Å². The Bertz CT molecular complexity index is 683. The lowest BCUT2D eigenvalue weighted by Crippen LogP contribution is -2.30. The van der Waals surface area contributed by atoms with Crippen LogP contribution in [0.15, 0.2) is 47.4 Å². The van der Waals surface area contributed by atoms with Gasteiger partial charge in [0.15, 0.2) is 0 Å². The molecule has 0 unspecified atom stereocenters. The highest BCUT2D eigenvalue weighted by molar-refractivity contribution is 7.98. The molecule has 4 nitrogen and oxygen atoms in total. The monoisotopic (exact) mass is 327 g/mol. The van der Waals surface area contributed by atoms with E-state index in [4.69, 9.17) is 0 Å². The number of hydrogen-bond acceptors (Lipinski definition) is 4. The molecule has 0 saturated carbocycles. The van der Waals surface area contributed by atoms with Gasteiger partial charge in [-0.1, -0.05) is 12.1 Å². The Balaban J connectivity index is 1.74. The maximum atomic E-state index is 12.4. The molecule has 1 amide bonds. The summed E-state index contributed by atoms with van der Waals surface area (Å²) in [5.74, 6) is 0.734. The summed E-state index contributed by atoms with van der Waals surface area (Å²) in [5.41, 5.74) is 1.26. The van der Waals surface area contributed by atoms with E-state index in [2.05, 4.69) is 15.2 Å². The fourth-order valence-electron chi connectivity index (χ4n) is 2.74. The number of nitrogens with one attached hydrogen (secondary N) is 1. The second kappa shape index (κ2) is 7.51. The summed E-state index contributed by atoms with van der Waals surface area (Å²) >= 11 is 1.65. The summed E-state index contributed by atoms with van der Waals surface area (Å²) in [4.78, 5) is 20.4. The van der Waals surface area contributed by atoms with E-state index in [0.717, 1.165) is 29.5 Å². The van der Waals surface area contributed by atoms with Crippen molar-refractivity contribution in [2.45, 2.75) is 24.2 Å². The third-order valence-electron chi connectivity index (χ3n) is 3.97. The van der Waals surface area contributed by atoms with Crippen LogP contribution in [-0.4, -0.2) is 30.2 Å². The molecule has 1 fully saturated rings. The van der Waals surface area contributed by atoms with Crippen molar-refractivity contribution in [2.24, 2.45) is 0 Å². The van der Waals surface area contributed by atoms with Crippen molar-refractivity contribution >= 4 is 29.2 Å². The molecule has 1 saturated heterocycles. The molecule has 23 heavy (non-hydrogen) atoms. The van der Waals surface area contributed by atoms with Crippen LogP contribution < -0.4 is 10.2 Å². The number of amides is 1. The molecule has 1 N–H and O–H groups in total. The first-order valence-corrected chi connectivity index (χ1v) is 9.16. The Morgan fingerprint density at radius 3 is 2.70 bits per heavy atom. The zero-order chi connectivity index (χ0) is 16.1. The zero-order valence-corrected chi connectivity index (χ0v) is 14.1. The van der Waals surface area contributed by atoms with E-state index in [-0.39, 0.29) is 5.91 Å². The maximum absolute atomic E-state index is 12.4. The van der Waals surface area contributed by atoms with Gasteiger partial charge in [0.1, 0.15) is 11.5 Å². The van der Waals surface area contributed by atoms with Crippen molar-refractivity contribution in [1.82, 2.24) is 4.98 Å². The van der Waals surface area contributed by atoms with Gasteiger partial charge in [-0.2, -0.15) is 0 Å². The number of carbonyl (C=O) groups is 1.